The SMILES string of the molecule is COC(C)(C)c1nnc2cc(I)ccn12. The first-order valence-corrected chi connectivity index (χ1v) is 5.68. The average molecular weight is 317 g/mol. The van der Waals surface area contributed by atoms with Gasteiger partial charge < -0.3 is 4.74 Å². The van der Waals surface area contributed by atoms with Gasteiger partial charge in [0.05, 0.1) is 0 Å². The van der Waals surface area contributed by atoms with Gasteiger partial charge in [-0.15, -0.1) is 10.2 Å². The van der Waals surface area contributed by atoms with Crippen LogP contribution in [0.4, 0.5) is 0 Å². The van der Waals surface area contributed by atoms with Crippen molar-refractivity contribution in [2.24, 2.45) is 0 Å². The van der Waals surface area contributed by atoms with Crippen LogP contribution in [0.15, 0.2) is 18.3 Å². The molecular weight excluding hydrogens is 305 g/mol. The zero-order valence-electron chi connectivity index (χ0n) is 8.86. The van der Waals surface area contributed by atoms with Crippen LogP contribution in [0.25, 0.3) is 5.65 Å². The van der Waals surface area contributed by atoms with Crippen LogP contribution in [0.2, 0.25) is 0 Å². The lowest BCUT2D eigenvalue weighted by Crippen LogP contribution is -2.22. The standard InChI is InChI=1S/C10H12IN3O/c1-10(2,15-3)9-13-12-8-6-7(11)4-5-14(8)9/h4-6H,1-3H3. The number of fused-ring (bicyclic) bond motifs is 1. The summed E-state index contributed by atoms with van der Waals surface area (Å²) in [6.07, 6.45) is 1.97. The van der Waals surface area contributed by atoms with Crippen molar-refractivity contribution >= 4 is 28.2 Å². The number of methoxy groups -OCH3 is 1. The molecule has 0 atom stereocenters. The largest absolute Gasteiger partial charge is 0.371 e. The number of rotatable bonds is 2. The van der Waals surface area contributed by atoms with E-state index < -0.39 is 5.60 Å². The highest BCUT2D eigenvalue weighted by molar-refractivity contribution is 14.1. The van der Waals surface area contributed by atoms with Gasteiger partial charge in [-0.1, -0.05) is 0 Å². The Hall–Kier alpha value is -0.690. The Bertz CT molecular complexity index is 492. The Balaban J connectivity index is 2.64. The highest BCUT2D eigenvalue weighted by Gasteiger charge is 2.25. The minimum Gasteiger partial charge on any atom is -0.371 e. The van der Waals surface area contributed by atoms with Crippen LogP contribution in [0, 0.1) is 3.57 Å². The van der Waals surface area contributed by atoms with Crippen molar-refractivity contribution in [3.63, 3.8) is 0 Å². The normalized spacial score (nSPS) is 12.3. The van der Waals surface area contributed by atoms with Crippen molar-refractivity contribution in [2.75, 3.05) is 7.11 Å². The molecule has 0 amide bonds. The monoisotopic (exact) mass is 317 g/mol. The molecule has 0 radical (unpaired) electrons. The molecule has 0 spiro atoms. The summed E-state index contributed by atoms with van der Waals surface area (Å²) in [4.78, 5) is 0. The maximum Gasteiger partial charge on any atom is 0.169 e. The summed E-state index contributed by atoms with van der Waals surface area (Å²) in [6, 6.07) is 4.01. The molecule has 5 heteroatoms. The van der Waals surface area contributed by atoms with E-state index in [1.165, 1.54) is 0 Å². The van der Waals surface area contributed by atoms with Crippen molar-refractivity contribution in [3.8, 4) is 0 Å². The van der Waals surface area contributed by atoms with Crippen LogP contribution < -0.4 is 0 Å². The lowest BCUT2D eigenvalue weighted by Gasteiger charge is -2.20. The summed E-state index contributed by atoms with van der Waals surface area (Å²) >= 11 is 2.26. The second-order valence-corrected chi connectivity index (χ2v) is 5.06. The van der Waals surface area contributed by atoms with E-state index in [0.29, 0.717) is 0 Å². The average Bonchev–Trinajstić information content (AvgIpc) is 2.61. The van der Waals surface area contributed by atoms with E-state index in [1.807, 2.05) is 36.6 Å². The number of nitrogens with zero attached hydrogens (tertiary/aromatic N) is 3. The zero-order valence-corrected chi connectivity index (χ0v) is 11.0. The quantitative estimate of drug-likeness (QED) is 0.797. The van der Waals surface area contributed by atoms with Gasteiger partial charge in [0.1, 0.15) is 5.60 Å². The molecule has 0 unspecified atom stereocenters. The number of hydrogen-bond donors (Lipinski definition) is 0. The molecular formula is C10H12IN3O. The molecule has 2 heterocycles. The van der Waals surface area contributed by atoms with Gasteiger partial charge in [0.15, 0.2) is 11.5 Å². The molecule has 80 valence electrons. The molecule has 4 nitrogen and oxygen atoms in total. The summed E-state index contributed by atoms with van der Waals surface area (Å²) in [6.45, 7) is 3.95. The van der Waals surface area contributed by atoms with Gasteiger partial charge in [-0.25, -0.2) is 0 Å². The summed E-state index contributed by atoms with van der Waals surface area (Å²) in [5.74, 6) is 0.816. The topological polar surface area (TPSA) is 39.4 Å². The Labute approximate surface area is 102 Å². The lowest BCUT2D eigenvalue weighted by atomic mass is 10.1. The third-order valence-electron chi connectivity index (χ3n) is 2.42. The van der Waals surface area contributed by atoms with Crippen molar-refractivity contribution in [3.05, 3.63) is 27.7 Å². The Morgan fingerprint density at radius 2 is 2.13 bits per heavy atom. The van der Waals surface area contributed by atoms with Crippen LogP contribution in [0.5, 0.6) is 0 Å². The zero-order chi connectivity index (χ0) is 11.1. The summed E-state index contributed by atoms with van der Waals surface area (Å²) in [5.41, 5.74) is 0.425. The van der Waals surface area contributed by atoms with E-state index in [4.69, 9.17) is 4.74 Å². The molecule has 2 rings (SSSR count). The minimum absolute atomic E-state index is 0.424. The fourth-order valence-corrected chi connectivity index (χ4v) is 1.81. The molecule has 0 bridgehead atoms. The van der Waals surface area contributed by atoms with E-state index in [0.717, 1.165) is 15.0 Å². The molecule has 0 saturated carbocycles. The molecule has 0 saturated heterocycles. The van der Waals surface area contributed by atoms with Gasteiger partial charge in [0.2, 0.25) is 0 Å². The van der Waals surface area contributed by atoms with Crippen molar-refractivity contribution < 1.29 is 4.74 Å². The van der Waals surface area contributed by atoms with Crippen LogP contribution in [-0.4, -0.2) is 21.7 Å². The first-order chi connectivity index (χ1) is 7.04. The number of aromatic nitrogens is 3. The summed E-state index contributed by atoms with van der Waals surface area (Å²) < 4.78 is 8.49. The Morgan fingerprint density at radius 3 is 2.80 bits per heavy atom. The maximum absolute atomic E-state index is 5.40. The molecule has 0 N–H and O–H groups in total. The van der Waals surface area contributed by atoms with Crippen LogP contribution >= 0.6 is 22.6 Å². The molecule has 0 aromatic carbocycles. The minimum atomic E-state index is -0.424. The second kappa shape index (κ2) is 3.71. The van der Waals surface area contributed by atoms with Gasteiger partial charge >= 0.3 is 0 Å². The van der Waals surface area contributed by atoms with Crippen LogP contribution in [-0.2, 0) is 10.3 Å². The fraction of sp³-hybridized carbons (Fsp3) is 0.400. The van der Waals surface area contributed by atoms with Crippen molar-refractivity contribution in [2.45, 2.75) is 19.4 Å². The molecule has 0 aliphatic rings. The predicted octanol–water partition coefficient (Wildman–Crippen LogP) is 2.22. The van der Waals surface area contributed by atoms with E-state index in [9.17, 15) is 0 Å². The maximum atomic E-state index is 5.40. The summed E-state index contributed by atoms with van der Waals surface area (Å²) in [7, 11) is 1.67. The lowest BCUT2D eigenvalue weighted by molar-refractivity contribution is 0.0106. The number of hydrogen-bond acceptors (Lipinski definition) is 3. The number of halogens is 1. The van der Waals surface area contributed by atoms with E-state index >= 15 is 0 Å². The third kappa shape index (κ3) is 1.85. The number of ether oxygens (including phenoxy) is 1. The van der Waals surface area contributed by atoms with Crippen LogP contribution in [0.3, 0.4) is 0 Å². The fourth-order valence-electron chi connectivity index (χ4n) is 1.37. The van der Waals surface area contributed by atoms with Gasteiger partial charge in [0, 0.05) is 16.9 Å². The van der Waals surface area contributed by atoms with Crippen molar-refractivity contribution in [1.82, 2.24) is 14.6 Å². The Morgan fingerprint density at radius 1 is 1.40 bits per heavy atom. The first-order valence-electron chi connectivity index (χ1n) is 4.60. The predicted molar refractivity (Wildman–Crippen MR) is 65.7 cm³/mol. The molecule has 2 aromatic heterocycles. The van der Waals surface area contributed by atoms with E-state index in [2.05, 4.69) is 32.8 Å². The second-order valence-electron chi connectivity index (χ2n) is 3.81. The van der Waals surface area contributed by atoms with E-state index in [-0.39, 0.29) is 0 Å². The molecule has 0 fully saturated rings. The molecule has 15 heavy (non-hydrogen) atoms. The third-order valence-corrected chi connectivity index (χ3v) is 3.09. The highest BCUT2D eigenvalue weighted by atomic mass is 127. The van der Waals surface area contributed by atoms with Gasteiger partial charge in [0.25, 0.3) is 0 Å². The molecule has 2 aromatic rings. The van der Waals surface area contributed by atoms with Crippen molar-refractivity contribution in [1.29, 1.82) is 0 Å². The highest BCUT2D eigenvalue weighted by Crippen LogP contribution is 2.22. The first kappa shape index (κ1) is 10.8. The number of pyridine rings is 1. The molecule has 0 aliphatic heterocycles. The van der Waals surface area contributed by atoms with Crippen LogP contribution in [0.1, 0.15) is 19.7 Å². The van der Waals surface area contributed by atoms with Gasteiger partial charge in [-0.3, -0.25) is 4.40 Å². The Kier molecular flexibility index (Phi) is 2.68. The summed E-state index contributed by atoms with van der Waals surface area (Å²) in [5, 5.41) is 8.29. The van der Waals surface area contributed by atoms with Gasteiger partial charge in [-0.2, -0.15) is 0 Å². The van der Waals surface area contributed by atoms with E-state index in [1.54, 1.807) is 7.11 Å². The smallest absolute Gasteiger partial charge is 0.169 e. The van der Waals surface area contributed by atoms with Gasteiger partial charge in [-0.05, 0) is 48.6 Å². The molecule has 0 aliphatic carbocycles.